The zero-order valence-electron chi connectivity index (χ0n) is 20.4. The van der Waals surface area contributed by atoms with Gasteiger partial charge in [0.2, 0.25) is 5.91 Å². The number of nitrogen functional groups attached to an aromatic ring is 1. The number of alkyl halides is 1. The highest BCUT2D eigenvalue weighted by Gasteiger charge is 2.12. The highest BCUT2D eigenvalue weighted by atomic mass is 35.5. The van der Waals surface area contributed by atoms with Crippen LogP contribution in [0.5, 0.6) is 5.75 Å². The summed E-state index contributed by atoms with van der Waals surface area (Å²) < 4.78 is 28.8. The van der Waals surface area contributed by atoms with Crippen molar-refractivity contribution in [3.05, 3.63) is 64.7 Å². The molecule has 1 aromatic heterocycles. The normalized spacial score (nSPS) is 10.9. The van der Waals surface area contributed by atoms with Gasteiger partial charge in [-0.3, -0.25) is 4.79 Å². The monoisotopic (exact) mass is 532 g/mol. The van der Waals surface area contributed by atoms with Crippen LogP contribution >= 0.6 is 11.6 Å². The molecule has 0 saturated heterocycles. The van der Waals surface area contributed by atoms with Gasteiger partial charge in [-0.05, 0) is 42.5 Å². The van der Waals surface area contributed by atoms with Crippen molar-refractivity contribution in [3.8, 4) is 17.0 Å². The van der Waals surface area contributed by atoms with Crippen LogP contribution in [0, 0.1) is 0 Å². The van der Waals surface area contributed by atoms with Crippen LogP contribution in [0.3, 0.4) is 0 Å². The molecule has 3 rings (SSSR count). The second kappa shape index (κ2) is 14.3. The molecule has 0 radical (unpaired) electrons. The first-order chi connectivity index (χ1) is 17.9. The molecule has 1 heterocycles. The third kappa shape index (κ3) is 8.57. The highest BCUT2D eigenvalue weighted by molar-refractivity contribution is 6.30. The molecular formula is C26H30ClFN4O5. The Balaban J connectivity index is 1.59. The van der Waals surface area contributed by atoms with Gasteiger partial charge in [-0.25, -0.2) is 9.37 Å². The van der Waals surface area contributed by atoms with E-state index in [2.05, 4.69) is 15.6 Å². The lowest BCUT2D eigenvalue weighted by Crippen LogP contribution is -2.28. The number of methoxy groups -OCH3 is 1. The summed E-state index contributed by atoms with van der Waals surface area (Å²) in [5, 5.41) is 16.7. The van der Waals surface area contributed by atoms with Crippen molar-refractivity contribution in [3.63, 3.8) is 0 Å². The fourth-order valence-corrected chi connectivity index (χ4v) is 3.54. The maximum absolute atomic E-state index is 13.4. The largest absolute Gasteiger partial charge is 0.507 e. The SMILES string of the molecule is COCCOCCOCC(=O)NCc1ccc(-c2cc(Nc3ccc(Cl)cc3CF)ccc2O)nc1N. The number of pyridine rings is 1. The minimum Gasteiger partial charge on any atom is -0.507 e. The summed E-state index contributed by atoms with van der Waals surface area (Å²) in [6.45, 7) is 1.01. The van der Waals surface area contributed by atoms with Crippen molar-refractivity contribution in [2.45, 2.75) is 13.2 Å². The van der Waals surface area contributed by atoms with E-state index in [1.165, 1.54) is 6.07 Å². The van der Waals surface area contributed by atoms with E-state index < -0.39 is 6.67 Å². The number of nitrogens with one attached hydrogen (secondary N) is 2. The van der Waals surface area contributed by atoms with Gasteiger partial charge in [-0.15, -0.1) is 0 Å². The van der Waals surface area contributed by atoms with Gasteiger partial charge in [0.25, 0.3) is 0 Å². The summed E-state index contributed by atoms with van der Waals surface area (Å²) in [7, 11) is 1.59. The van der Waals surface area contributed by atoms with Crippen LogP contribution in [-0.4, -0.2) is 56.1 Å². The third-order valence-corrected chi connectivity index (χ3v) is 5.52. The number of aromatic hydroxyl groups is 1. The van der Waals surface area contributed by atoms with Crippen LogP contribution in [0.4, 0.5) is 21.6 Å². The number of halogens is 2. The molecule has 3 aromatic rings. The zero-order chi connectivity index (χ0) is 26.6. The predicted molar refractivity (Wildman–Crippen MR) is 141 cm³/mol. The highest BCUT2D eigenvalue weighted by Crippen LogP contribution is 2.33. The van der Waals surface area contributed by atoms with Crippen molar-refractivity contribution in [1.82, 2.24) is 10.3 Å². The molecule has 0 atom stereocenters. The third-order valence-electron chi connectivity index (χ3n) is 5.29. The van der Waals surface area contributed by atoms with E-state index in [1.807, 2.05) is 0 Å². The Morgan fingerprint density at radius 3 is 2.59 bits per heavy atom. The number of rotatable bonds is 14. The van der Waals surface area contributed by atoms with Gasteiger partial charge in [-0.2, -0.15) is 0 Å². The minimum absolute atomic E-state index is 0.00340. The number of carbonyl (C=O) groups excluding carboxylic acids is 1. The number of phenolic OH excluding ortho intramolecular Hbond substituents is 1. The number of phenols is 1. The molecular weight excluding hydrogens is 503 g/mol. The minimum atomic E-state index is -0.681. The summed E-state index contributed by atoms with van der Waals surface area (Å²) in [5.74, 6) is -0.0873. The van der Waals surface area contributed by atoms with Crippen molar-refractivity contribution in [1.29, 1.82) is 0 Å². The maximum Gasteiger partial charge on any atom is 0.246 e. The first kappa shape index (κ1) is 28.1. The first-order valence-corrected chi connectivity index (χ1v) is 11.9. The number of amides is 1. The van der Waals surface area contributed by atoms with Crippen LogP contribution in [-0.2, 0) is 32.2 Å². The van der Waals surface area contributed by atoms with Gasteiger partial charge in [0.1, 0.15) is 24.8 Å². The van der Waals surface area contributed by atoms with Crippen LogP contribution in [0.25, 0.3) is 11.3 Å². The molecule has 11 heteroatoms. The Morgan fingerprint density at radius 2 is 1.84 bits per heavy atom. The molecule has 0 fully saturated rings. The predicted octanol–water partition coefficient (Wildman–Crippen LogP) is 4.20. The summed E-state index contributed by atoms with van der Waals surface area (Å²) >= 11 is 5.95. The number of carbonyl (C=O) groups is 1. The van der Waals surface area contributed by atoms with Crippen LogP contribution < -0.4 is 16.4 Å². The molecule has 37 heavy (non-hydrogen) atoms. The Hall–Kier alpha value is -3.44. The van der Waals surface area contributed by atoms with E-state index in [-0.39, 0.29) is 30.6 Å². The summed E-state index contributed by atoms with van der Waals surface area (Å²) in [5.41, 5.74) is 9.19. The van der Waals surface area contributed by atoms with E-state index in [0.29, 0.717) is 65.2 Å². The van der Waals surface area contributed by atoms with Gasteiger partial charge in [0, 0.05) is 46.7 Å². The average Bonchev–Trinajstić information content (AvgIpc) is 2.89. The molecule has 198 valence electrons. The van der Waals surface area contributed by atoms with E-state index >= 15 is 0 Å². The Bertz CT molecular complexity index is 1200. The lowest BCUT2D eigenvalue weighted by Gasteiger charge is -2.14. The van der Waals surface area contributed by atoms with Crippen LogP contribution in [0.2, 0.25) is 5.02 Å². The van der Waals surface area contributed by atoms with Gasteiger partial charge < -0.3 is 35.7 Å². The Kier molecular flexibility index (Phi) is 10.9. The molecule has 0 spiro atoms. The van der Waals surface area contributed by atoms with Gasteiger partial charge in [0.15, 0.2) is 0 Å². The lowest BCUT2D eigenvalue weighted by atomic mass is 10.1. The quantitative estimate of drug-likeness (QED) is 0.180. The summed E-state index contributed by atoms with van der Waals surface area (Å²) in [4.78, 5) is 16.4. The van der Waals surface area contributed by atoms with Crippen molar-refractivity contribution in [2.24, 2.45) is 0 Å². The number of hydrogen-bond donors (Lipinski definition) is 4. The van der Waals surface area contributed by atoms with Crippen molar-refractivity contribution < 1.29 is 28.5 Å². The molecule has 0 saturated carbocycles. The zero-order valence-corrected chi connectivity index (χ0v) is 21.2. The first-order valence-electron chi connectivity index (χ1n) is 11.5. The van der Waals surface area contributed by atoms with Crippen LogP contribution in [0.15, 0.2) is 48.5 Å². The van der Waals surface area contributed by atoms with Crippen molar-refractivity contribution in [2.75, 3.05) is 51.2 Å². The molecule has 1 amide bonds. The molecule has 0 bridgehead atoms. The number of aromatic nitrogens is 1. The maximum atomic E-state index is 13.4. The molecule has 2 aromatic carbocycles. The fraction of sp³-hybridized carbons (Fsp3) is 0.308. The van der Waals surface area contributed by atoms with Crippen molar-refractivity contribution >= 4 is 34.7 Å². The van der Waals surface area contributed by atoms with E-state index in [1.54, 1.807) is 49.6 Å². The molecule has 5 N–H and O–H groups in total. The smallest absolute Gasteiger partial charge is 0.246 e. The second-order valence-electron chi connectivity index (χ2n) is 7.97. The van der Waals surface area contributed by atoms with Gasteiger partial charge >= 0.3 is 0 Å². The van der Waals surface area contributed by atoms with E-state index in [4.69, 9.17) is 31.5 Å². The average molecular weight is 533 g/mol. The van der Waals surface area contributed by atoms with E-state index in [0.717, 1.165) is 0 Å². The summed E-state index contributed by atoms with van der Waals surface area (Å²) in [6, 6.07) is 13.2. The number of benzene rings is 2. The number of ether oxygens (including phenoxy) is 3. The second-order valence-corrected chi connectivity index (χ2v) is 8.40. The summed E-state index contributed by atoms with van der Waals surface area (Å²) in [6.07, 6.45) is 0. The molecule has 0 unspecified atom stereocenters. The van der Waals surface area contributed by atoms with Gasteiger partial charge in [-0.1, -0.05) is 17.7 Å². The number of anilines is 3. The molecule has 0 aliphatic rings. The molecule has 0 aliphatic heterocycles. The fourth-order valence-electron chi connectivity index (χ4n) is 3.34. The standard InChI is InChI=1S/C26H30ClFN4O5/c1-35-8-9-36-10-11-37-16-25(34)30-15-17-2-5-23(32-26(17)29)21-13-20(4-7-24(21)33)31-22-6-3-19(27)12-18(22)14-28/h2-7,12-13,31,33H,8-11,14-16H2,1H3,(H2,29,32)(H,30,34). The topological polar surface area (TPSA) is 128 Å². The Labute approximate surface area is 219 Å². The number of hydrogen-bond acceptors (Lipinski definition) is 8. The lowest BCUT2D eigenvalue weighted by molar-refractivity contribution is -0.126. The molecule has 0 aliphatic carbocycles. The van der Waals surface area contributed by atoms with E-state index in [9.17, 15) is 14.3 Å². The van der Waals surface area contributed by atoms with Crippen LogP contribution in [0.1, 0.15) is 11.1 Å². The van der Waals surface area contributed by atoms with Gasteiger partial charge in [0.05, 0.1) is 32.1 Å². The molecule has 9 nitrogen and oxygen atoms in total. The Morgan fingerprint density at radius 1 is 1.05 bits per heavy atom. The number of nitrogens with zero attached hydrogens (tertiary/aromatic N) is 1. The number of nitrogens with two attached hydrogens (primary N) is 1.